The molecule has 0 heterocycles. The largest absolute Gasteiger partial charge is 0.394 e. The van der Waals surface area contributed by atoms with Crippen LogP contribution in [-0.2, 0) is 9.32 Å². The van der Waals surface area contributed by atoms with Gasteiger partial charge in [-0.2, -0.15) is 0 Å². The summed E-state index contributed by atoms with van der Waals surface area (Å²) in [5, 5.41) is 0. The Morgan fingerprint density at radius 3 is 2.50 bits per heavy atom. The molecule has 0 aromatic carbocycles. The van der Waals surface area contributed by atoms with Gasteiger partial charge < -0.3 is 14.3 Å². The Hall–Kier alpha value is -0.440. The molecule has 0 fully saturated rings. The molecule has 4 nitrogen and oxygen atoms in total. The summed E-state index contributed by atoms with van der Waals surface area (Å²) in [5.74, 6) is -0.751. The monoisotopic (exact) mass is 164 g/mol. The third-order valence-electron chi connectivity index (χ3n) is 0.880. The van der Waals surface area contributed by atoms with Crippen LogP contribution in [0, 0.1) is 0 Å². The number of rotatable bonds is 3. The Bertz CT molecular complexity index is 143. The summed E-state index contributed by atoms with van der Waals surface area (Å²) in [4.78, 5) is 27.0. The lowest BCUT2D eigenvalue weighted by atomic mass is 10.2. The first-order valence-corrected chi connectivity index (χ1v) is 3.82. The molecule has 2 N–H and O–H groups in total. The van der Waals surface area contributed by atoms with Crippen LogP contribution in [0.25, 0.3) is 0 Å². The van der Waals surface area contributed by atoms with Crippen LogP contribution in [-0.4, -0.2) is 15.8 Å². The van der Waals surface area contributed by atoms with Gasteiger partial charge in [0.25, 0.3) is 0 Å². The van der Waals surface area contributed by atoms with E-state index in [4.69, 9.17) is 9.79 Å². The van der Waals surface area contributed by atoms with E-state index in [9.17, 15) is 4.79 Å². The SMILES string of the molecule is C=C(CC)C(=O)OP(O)O. The number of hydrogen-bond donors (Lipinski definition) is 2. The van der Waals surface area contributed by atoms with Crippen molar-refractivity contribution in [2.45, 2.75) is 13.3 Å². The maximum absolute atomic E-state index is 10.6. The molecule has 0 unspecified atom stereocenters. The van der Waals surface area contributed by atoms with Gasteiger partial charge in [-0.1, -0.05) is 13.5 Å². The molecule has 0 bridgehead atoms. The molecular formula is C5H9O4P. The lowest BCUT2D eigenvalue weighted by Crippen LogP contribution is -2.02. The van der Waals surface area contributed by atoms with Gasteiger partial charge in [0.05, 0.1) is 0 Å². The fourth-order valence-electron chi connectivity index (χ4n) is 0.283. The summed E-state index contributed by atoms with van der Waals surface area (Å²) >= 11 is 0. The fourth-order valence-corrected chi connectivity index (χ4v) is 0.560. The average molecular weight is 164 g/mol. The molecule has 0 rings (SSSR count). The van der Waals surface area contributed by atoms with Crippen LogP contribution in [0.3, 0.4) is 0 Å². The van der Waals surface area contributed by atoms with E-state index in [0.717, 1.165) is 0 Å². The predicted octanol–water partition coefficient (Wildman–Crippen LogP) is 0.707. The summed E-state index contributed by atoms with van der Waals surface area (Å²) in [6.07, 6.45) is 0.446. The van der Waals surface area contributed by atoms with Crippen molar-refractivity contribution in [3.05, 3.63) is 12.2 Å². The summed E-state index contributed by atoms with van der Waals surface area (Å²) in [6, 6.07) is 0. The Morgan fingerprint density at radius 1 is 1.70 bits per heavy atom. The van der Waals surface area contributed by atoms with Gasteiger partial charge in [0.15, 0.2) is 0 Å². The number of carbonyl (C=O) groups is 1. The molecule has 5 heteroatoms. The number of carbonyl (C=O) groups excluding carboxylic acids is 1. The third kappa shape index (κ3) is 3.56. The van der Waals surface area contributed by atoms with Gasteiger partial charge >= 0.3 is 14.6 Å². The van der Waals surface area contributed by atoms with Crippen LogP contribution in [0.2, 0.25) is 0 Å². The predicted molar refractivity (Wildman–Crippen MR) is 36.9 cm³/mol. The molecule has 0 saturated heterocycles. The van der Waals surface area contributed by atoms with Crippen molar-refractivity contribution >= 4 is 14.6 Å². The maximum atomic E-state index is 10.6. The second kappa shape index (κ2) is 4.39. The molecule has 0 aromatic heterocycles. The minimum absolute atomic E-state index is 0.232. The van der Waals surface area contributed by atoms with E-state index in [1.165, 1.54) is 0 Å². The van der Waals surface area contributed by atoms with Crippen LogP contribution in [0.1, 0.15) is 13.3 Å². The van der Waals surface area contributed by atoms with E-state index in [0.29, 0.717) is 6.42 Å². The van der Waals surface area contributed by atoms with E-state index in [-0.39, 0.29) is 5.57 Å². The molecule has 0 aromatic rings. The molecule has 58 valence electrons. The second-order valence-electron chi connectivity index (χ2n) is 1.59. The molecule has 0 aliphatic heterocycles. The lowest BCUT2D eigenvalue weighted by Gasteiger charge is -2.02. The highest BCUT2D eigenvalue weighted by molar-refractivity contribution is 7.40. The molecular weight excluding hydrogens is 155 g/mol. The van der Waals surface area contributed by atoms with Gasteiger partial charge in [-0.05, 0) is 6.42 Å². The highest BCUT2D eigenvalue weighted by atomic mass is 31.2. The molecule has 0 aliphatic rings. The first-order chi connectivity index (χ1) is 4.57. The van der Waals surface area contributed by atoms with Gasteiger partial charge in [0.2, 0.25) is 0 Å². The van der Waals surface area contributed by atoms with Crippen molar-refractivity contribution in [2.24, 2.45) is 0 Å². The van der Waals surface area contributed by atoms with Gasteiger partial charge in [0, 0.05) is 5.57 Å². The van der Waals surface area contributed by atoms with Crippen LogP contribution < -0.4 is 0 Å². The van der Waals surface area contributed by atoms with Gasteiger partial charge in [0.1, 0.15) is 0 Å². The summed E-state index contributed by atoms with van der Waals surface area (Å²) < 4.78 is 4.04. The smallest absolute Gasteiger partial charge is 0.391 e. The van der Waals surface area contributed by atoms with Crippen LogP contribution in [0.15, 0.2) is 12.2 Å². The molecule has 0 radical (unpaired) electrons. The van der Waals surface area contributed by atoms with E-state index < -0.39 is 14.6 Å². The van der Waals surface area contributed by atoms with Crippen molar-refractivity contribution in [1.29, 1.82) is 0 Å². The highest BCUT2D eigenvalue weighted by Crippen LogP contribution is 2.25. The minimum atomic E-state index is -2.59. The Balaban J connectivity index is 3.74. The van der Waals surface area contributed by atoms with E-state index in [2.05, 4.69) is 11.1 Å². The molecule has 0 spiro atoms. The van der Waals surface area contributed by atoms with Crippen molar-refractivity contribution in [3.8, 4) is 0 Å². The zero-order valence-electron chi connectivity index (χ0n) is 5.57. The van der Waals surface area contributed by atoms with E-state index in [1.54, 1.807) is 6.92 Å². The topological polar surface area (TPSA) is 66.8 Å². The first kappa shape index (κ1) is 9.56. The molecule has 0 aliphatic carbocycles. The van der Waals surface area contributed by atoms with Crippen molar-refractivity contribution in [2.75, 3.05) is 0 Å². The second-order valence-corrected chi connectivity index (χ2v) is 2.28. The number of hydrogen-bond acceptors (Lipinski definition) is 4. The van der Waals surface area contributed by atoms with Gasteiger partial charge in [-0.3, -0.25) is 0 Å². The van der Waals surface area contributed by atoms with E-state index in [1.807, 2.05) is 0 Å². The van der Waals surface area contributed by atoms with Crippen molar-refractivity contribution in [1.82, 2.24) is 0 Å². The van der Waals surface area contributed by atoms with Crippen LogP contribution in [0.4, 0.5) is 0 Å². The highest BCUT2D eigenvalue weighted by Gasteiger charge is 2.10. The molecule has 0 amide bonds. The van der Waals surface area contributed by atoms with Gasteiger partial charge in [-0.25, -0.2) is 4.79 Å². The molecule has 0 atom stereocenters. The zero-order chi connectivity index (χ0) is 8.15. The Morgan fingerprint density at radius 2 is 2.20 bits per heavy atom. The maximum Gasteiger partial charge on any atom is 0.394 e. The first-order valence-electron chi connectivity index (χ1n) is 2.66. The standard InChI is InChI=1S/C5H9O4P/c1-3-4(2)5(6)9-10(7)8/h7-8H,2-3H2,1H3. The minimum Gasteiger partial charge on any atom is -0.391 e. The summed E-state index contributed by atoms with van der Waals surface area (Å²) in [7, 11) is -2.59. The summed E-state index contributed by atoms with van der Waals surface area (Å²) in [5.41, 5.74) is 0.232. The third-order valence-corrected chi connectivity index (χ3v) is 1.21. The Kier molecular flexibility index (Phi) is 4.19. The fraction of sp³-hybridized carbons (Fsp3) is 0.400. The van der Waals surface area contributed by atoms with Crippen molar-refractivity contribution < 1.29 is 19.1 Å². The summed E-state index contributed by atoms with van der Waals surface area (Å²) in [6.45, 7) is 5.06. The Labute approximate surface area is 60.1 Å². The zero-order valence-corrected chi connectivity index (χ0v) is 6.47. The normalized spacial score (nSPS) is 9.60. The quantitative estimate of drug-likeness (QED) is 0.476. The van der Waals surface area contributed by atoms with Crippen LogP contribution >= 0.6 is 8.60 Å². The molecule has 10 heavy (non-hydrogen) atoms. The molecule has 0 saturated carbocycles. The van der Waals surface area contributed by atoms with Crippen molar-refractivity contribution in [3.63, 3.8) is 0 Å². The van der Waals surface area contributed by atoms with Crippen LogP contribution in [0.5, 0.6) is 0 Å². The lowest BCUT2D eigenvalue weighted by molar-refractivity contribution is -0.130. The van der Waals surface area contributed by atoms with Gasteiger partial charge in [-0.15, -0.1) is 0 Å². The average Bonchev–Trinajstić information content (AvgIpc) is 1.85. The van der Waals surface area contributed by atoms with E-state index >= 15 is 0 Å².